The van der Waals surface area contributed by atoms with Crippen LogP contribution in [0, 0.1) is 0 Å². The third kappa shape index (κ3) is 4.98. The second kappa shape index (κ2) is 7.77. The number of thiazole rings is 1. The van der Waals surface area contributed by atoms with Gasteiger partial charge in [0.15, 0.2) is 6.10 Å². The van der Waals surface area contributed by atoms with E-state index in [2.05, 4.69) is 26.2 Å². The van der Waals surface area contributed by atoms with Crippen molar-refractivity contribution in [3.05, 3.63) is 44.3 Å². The molecule has 1 amide bonds. The van der Waals surface area contributed by atoms with E-state index in [-0.39, 0.29) is 5.91 Å². The van der Waals surface area contributed by atoms with Crippen LogP contribution < -0.4 is 10.1 Å². The Bertz CT molecular complexity index is 607. The first kappa shape index (κ1) is 16.3. The number of ether oxygens (including phenoxy) is 1. The van der Waals surface area contributed by atoms with E-state index in [4.69, 9.17) is 16.3 Å². The largest absolute Gasteiger partial charge is 0.480 e. The summed E-state index contributed by atoms with van der Waals surface area (Å²) in [5.74, 6) is 0.426. The van der Waals surface area contributed by atoms with E-state index in [0.717, 1.165) is 15.9 Å². The number of nitrogens with one attached hydrogen (secondary N) is 1. The lowest BCUT2D eigenvalue weighted by Gasteiger charge is -2.15. The molecule has 1 aromatic carbocycles. The van der Waals surface area contributed by atoms with Gasteiger partial charge in [-0.2, -0.15) is 0 Å². The van der Waals surface area contributed by atoms with E-state index in [1.807, 2.05) is 5.38 Å². The number of nitrogens with zero attached hydrogens (tertiary/aromatic N) is 1. The monoisotopic (exact) mass is 388 g/mol. The van der Waals surface area contributed by atoms with Gasteiger partial charge in [-0.1, -0.05) is 11.6 Å². The number of hydrogen-bond donors (Lipinski definition) is 1. The van der Waals surface area contributed by atoms with Crippen molar-refractivity contribution < 1.29 is 9.53 Å². The molecule has 0 fully saturated rings. The van der Waals surface area contributed by atoms with E-state index in [9.17, 15) is 4.79 Å². The van der Waals surface area contributed by atoms with Crippen LogP contribution in [0.2, 0.25) is 5.02 Å². The van der Waals surface area contributed by atoms with Crippen LogP contribution in [0.4, 0.5) is 0 Å². The Morgan fingerprint density at radius 2 is 2.38 bits per heavy atom. The van der Waals surface area contributed by atoms with Crippen LogP contribution in [0.15, 0.2) is 34.2 Å². The summed E-state index contributed by atoms with van der Waals surface area (Å²) < 4.78 is 6.34. The lowest BCUT2D eigenvalue weighted by atomic mass is 10.3. The highest BCUT2D eigenvalue weighted by atomic mass is 79.9. The average Bonchev–Trinajstić information content (AvgIpc) is 2.95. The van der Waals surface area contributed by atoms with Crippen LogP contribution in [-0.2, 0) is 11.2 Å². The van der Waals surface area contributed by atoms with Gasteiger partial charge in [0, 0.05) is 29.6 Å². The molecule has 4 nitrogen and oxygen atoms in total. The van der Waals surface area contributed by atoms with Crippen molar-refractivity contribution in [2.75, 3.05) is 6.54 Å². The zero-order chi connectivity index (χ0) is 15.2. The van der Waals surface area contributed by atoms with Gasteiger partial charge in [0.1, 0.15) is 5.75 Å². The second-order valence-corrected chi connectivity index (χ2v) is 6.57. The SMILES string of the molecule is CC(Oc1ccc(Cl)cc1Br)C(=O)NCCc1nccs1. The molecule has 1 N–H and O–H groups in total. The predicted molar refractivity (Wildman–Crippen MR) is 88.1 cm³/mol. The number of hydrogen-bond acceptors (Lipinski definition) is 4. The minimum Gasteiger partial charge on any atom is -0.480 e. The fourth-order valence-electron chi connectivity index (χ4n) is 1.63. The normalized spacial score (nSPS) is 12.0. The van der Waals surface area contributed by atoms with Crippen molar-refractivity contribution in [2.24, 2.45) is 0 Å². The zero-order valence-corrected chi connectivity index (χ0v) is 14.5. The first-order valence-electron chi connectivity index (χ1n) is 6.34. The Labute approximate surface area is 140 Å². The molecule has 112 valence electrons. The Morgan fingerprint density at radius 1 is 1.57 bits per heavy atom. The number of carbonyl (C=O) groups excluding carboxylic acids is 1. The molecule has 21 heavy (non-hydrogen) atoms. The zero-order valence-electron chi connectivity index (χ0n) is 11.3. The molecule has 0 aliphatic carbocycles. The maximum Gasteiger partial charge on any atom is 0.260 e. The average molecular weight is 390 g/mol. The van der Waals surface area contributed by atoms with Gasteiger partial charge in [-0.15, -0.1) is 11.3 Å². The van der Waals surface area contributed by atoms with Crippen molar-refractivity contribution >= 4 is 44.8 Å². The maximum atomic E-state index is 12.0. The highest BCUT2D eigenvalue weighted by Gasteiger charge is 2.15. The quantitative estimate of drug-likeness (QED) is 0.820. The standard InChI is InChI=1S/C14H14BrClN2O2S/c1-9(20-12-3-2-10(16)8-11(12)15)14(19)18-5-4-13-17-6-7-21-13/h2-3,6-9H,4-5H2,1H3,(H,18,19). The maximum absolute atomic E-state index is 12.0. The number of amides is 1. The van der Waals surface area contributed by atoms with Crippen LogP contribution in [0.5, 0.6) is 5.75 Å². The van der Waals surface area contributed by atoms with Crippen molar-refractivity contribution in [2.45, 2.75) is 19.4 Å². The number of carbonyl (C=O) groups is 1. The second-order valence-electron chi connectivity index (χ2n) is 4.30. The summed E-state index contributed by atoms with van der Waals surface area (Å²) in [6.07, 6.45) is 1.89. The third-order valence-electron chi connectivity index (χ3n) is 2.69. The molecular formula is C14H14BrClN2O2S. The van der Waals surface area contributed by atoms with Gasteiger partial charge in [-0.25, -0.2) is 4.98 Å². The fourth-order valence-corrected chi connectivity index (χ4v) is 3.02. The molecule has 2 rings (SSSR count). The molecule has 0 aliphatic heterocycles. The molecule has 0 spiro atoms. The molecule has 0 saturated heterocycles. The highest BCUT2D eigenvalue weighted by Crippen LogP contribution is 2.28. The minimum atomic E-state index is -0.584. The molecule has 0 aliphatic rings. The fraction of sp³-hybridized carbons (Fsp3) is 0.286. The summed E-state index contributed by atoms with van der Waals surface area (Å²) in [4.78, 5) is 16.1. The van der Waals surface area contributed by atoms with Crippen molar-refractivity contribution in [3.8, 4) is 5.75 Å². The van der Waals surface area contributed by atoms with Crippen LogP contribution >= 0.6 is 38.9 Å². The van der Waals surface area contributed by atoms with E-state index in [1.165, 1.54) is 0 Å². The first-order chi connectivity index (χ1) is 10.1. The number of halogens is 2. The van der Waals surface area contributed by atoms with E-state index in [1.54, 1.807) is 42.7 Å². The van der Waals surface area contributed by atoms with Crippen LogP contribution in [0.1, 0.15) is 11.9 Å². The summed E-state index contributed by atoms with van der Waals surface area (Å²) in [6, 6.07) is 5.17. The first-order valence-corrected chi connectivity index (χ1v) is 8.39. The lowest BCUT2D eigenvalue weighted by Crippen LogP contribution is -2.37. The Balaban J connectivity index is 1.81. The van der Waals surface area contributed by atoms with Crippen LogP contribution in [0.25, 0.3) is 0 Å². The molecule has 7 heteroatoms. The van der Waals surface area contributed by atoms with Gasteiger partial charge in [-0.05, 0) is 41.1 Å². The smallest absolute Gasteiger partial charge is 0.260 e. The molecule has 1 aromatic heterocycles. The third-order valence-corrected chi connectivity index (χ3v) is 4.38. The van der Waals surface area contributed by atoms with E-state index in [0.29, 0.717) is 17.3 Å². The van der Waals surface area contributed by atoms with Gasteiger partial charge >= 0.3 is 0 Å². The lowest BCUT2D eigenvalue weighted by molar-refractivity contribution is -0.127. The Morgan fingerprint density at radius 3 is 3.05 bits per heavy atom. The number of aromatic nitrogens is 1. The van der Waals surface area contributed by atoms with Gasteiger partial charge in [-0.3, -0.25) is 4.79 Å². The molecule has 1 unspecified atom stereocenters. The molecule has 1 atom stereocenters. The van der Waals surface area contributed by atoms with Gasteiger partial charge in [0.05, 0.1) is 9.48 Å². The summed E-state index contributed by atoms with van der Waals surface area (Å²) in [5.41, 5.74) is 0. The summed E-state index contributed by atoms with van der Waals surface area (Å²) >= 11 is 10.8. The van der Waals surface area contributed by atoms with Gasteiger partial charge in [0.2, 0.25) is 0 Å². The summed E-state index contributed by atoms with van der Waals surface area (Å²) in [5, 5.41) is 6.36. The Hall–Kier alpha value is -1.11. The summed E-state index contributed by atoms with van der Waals surface area (Å²) in [7, 11) is 0. The predicted octanol–water partition coefficient (Wildman–Crippen LogP) is 3.69. The molecule has 2 aromatic rings. The molecular weight excluding hydrogens is 376 g/mol. The van der Waals surface area contributed by atoms with Gasteiger partial charge < -0.3 is 10.1 Å². The van der Waals surface area contributed by atoms with E-state index >= 15 is 0 Å². The molecule has 1 heterocycles. The van der Waals surface area contributed by atoms with Crippen LogP contribution in [-0.4, -0.2) is 23.5 Å². The van der Waals surface area contributed by atoms with Crippen molar-refractivity contribution in [1.29, 1.82) is 0 Å². The number of benzene rings is 1. The molecule has 0 bridgehead atoms. The molecule has 0 radical (unpaired) electrons. The van der Waals surface area contributed by atoms with Crippen molar-refractivity contribution in [1.82, 2.24) is 10.3 Å². The Kier molecular flexibility index (Phi) is 6.02. The number of rotatable bonds is 6. The minimum absolute atomic E-state index is 0.159. The van der Waals surface area contributed by atoms with Gasteiger partial charge in [0.25, 0.3) is 5.91 Å². The topological polar surface area (TPSA) is 51.2 Å². The van der Waals surface area contributed by atoms with E-state index < -0.39 is 6.10 Å². The van der Waals surface area contributed by atoms with Crippen LogP contribution in [0.3, 0.4) is 0 Å². The highest BCUT2D eigenvalue weighted by molar-refractivity contribution is 9.10. The molecule has 0 saturated carbocycles. The van der Waals surface area contributed by atoms with Crippen molar-refractivity contribution in [3.63, 3.8) is 0 Å². The summed E-state index contributed by atoms with van der Waals surface area (Å²) in [6.45, 7) is 2.25.